The molecule has 0 bridgehead atoms. The number of carbonyl (C=O) groups excluding carboxylic acids is 1. The van der Waals surface area contributed by atoms with Crippen LogP contribution in [0.2, 0.25) is 0 Å². The highest BCUT2D eigenvalue weighted by Crippen LogP contribution is 2.25. The molecule has 0 aliphatic heterocycles. The Morgan fingerprint density at radius 3 is 2.56 bits per heavy atom. The highest BCUT2D eigenvalue weighted by molar-refractivity contribution is 5.98. The average molecular weight is 370 g/mol. The van der Waals surface area contributed by atoms with Crippen LogP contribution in [0.5, 0.6) is 0 Å². The van der Waals surface area contributed by atoms with Crippen molar-refractivity contribution >= 4 is 34.6 Å². The minimum Gasteiger partial charge on any atom is -0.322 e. The lowest BCUT2D eigenvalue weighted by Gasteiger charge is -2.15. The van der Waals surface area contributed by atoms with Crippen LogP contribution in [0.25, 0.3) is 23.1 Å². The second-order valence-electron chi connectivity index (χ2n) is 6.63. The maximum atomic E-state index is 14.3. The highest BCUT2D eigenvalue weighted by Gasteiger charge is 2.19. The Morgan fingerprint density at radius 1 is 1.19 bits per heavy atom. The number of halogens is 2. The number of nitrogens with zero attached hydrogens (tertiary/aromatic N) is 1. The quantitative estimate of drug-likeness (QED) is 0.636. The summed E-state index contributed by atoms with van der Waals surface area (Å²) < 4.78 is 27.3. The van der Waals surface area contributed by atoms with Gasteiger partial charge in [-0.1, -0.05) is 32.1 Å². The molecule has 0 aliphatic rings. The van der Waals surface area contributed by atoms with Crippen LogP contribution in [0, 0.1) is 17.6 Å². The second kappa shape index (κ2) is 7.67. The maximum Gasteiger partial charge on any atom is 0.241 e. The monoisotopic (exact) mass is 370 g/mol. The first kappa shape index (κ1) is 18.7. The molecule has 0 spiro atoms. The van der Waals surface area contributed by atoms with E-state index in [0.29, 0.717) is 16.6 Å². The molecule has 0 saturated heterocycles. The normalized spacial score (nSPS) is 12.8. The summed E-state index contributed by atoms with van der Waals surface area (Å²) in [6.07, 6.45) is 3.50. The second-order valence-corrected chi connectivity index (χ2v) is 6.63. The first-order valence-corrected chi connectivity index (χ1v) is 8.53. The lowest BCUT2D eigenvalue weighted by molar-refractivity contribution is -0.118. The van der Waals surface area contributed by atoms with E-state index in [-0.39, 0.29) is 17.4 Å². The maximum absolute atomic E-state index is 14.3. The fourth-order valence-electron chi connectivity index (χ4n) is 2.55. The molecule has 4 N–H and O–H groups in total. The van der Waals surface area contributed by atoms with Crippen LogP contribution in [0.4, 0.5) is 14.5 Å². The fraction of sp³-hybridized carbons (Fsp3) is 0.200. The number of amides is 1. The number of nitrogens with two attached hydrogens (primary N) is 1. The zero-order chi connectivity index (χ0) is 19.6. The van der Waals surface area contributed by atoms with E-state index in [0.717, 1.165) is 5.56 Å². The minimum absolute atomic E-state index is 0.0430. The molecule has 7 heteroatoms. The van der Waals surface area contributed by atoms with Crippen LogP contribution in [0.3, 0.4) is 0 Å². The zero-order valence-electron chi connectivity index (χ0n) is 15.0. The van der Waals surface area contributed by atoms with Gasteiger partial charge in [0, 0.05) is 11.5 Å². The molecule has 3 rings (SSSR count). The summed E-state index contributed by atoms with van der Waals surface area (Å²) in [5.41, 5.74) is 7.72. The van der Waals surface area contributed by atoms with Crippen molar-refractivity contribution in [3.63, 3.8) is 0 Å². The van der Waals surface area contributed by atoms with E-state index in [1.54, 1.807) is 24.3 Å². The Hall–Kier alpha value is -3.06. The molecule has 27 heavy (non-hydrogen) atoms. The van der Waals surface area contributed by atoms with Gasteiger partial charge in [0.1, 0.15) is 11.6 Å². The first-order valence-electron chi connectivity index (χ1n) is 8.53. The lowest BCUT2D eigenvalue weighted by Crippen LogP contribution is -2.39. The molecule has 0 radical (unpaired) electrons. The van der Waals surface area contributed by atoms with Gasteiger partial charge in [0.15, 0.2) is 0 Å². The van der Waals surface area contributed by atoms with Gasteiger partial charge in [0.2, 0.25) is 5.91 Å². The molecule has 3 aromatic rings. The van der Waals surface area contributed by atoms with Gasteiger partial charge in [0.25, 0.3) is 0 Å². The molecule has 0 aliphatic carbocycles. The molecule has 140 valence electrons. The number of rotatable bonds is 5. The predicted octanol–water partition coefficient (Wildman–Crippen LogP) is 3.93. The summed E-state index contributed by atoms with van der Waals surface area (Å²) >= 11 is 0. The third-order valence-corrected chi connectivity index (χ3v) is 4.26. The molecule has 2 aromatic carbocycles. The van der Waals surface area contributed by atoms with Crippen LogP contribution in [-0.4, -0.2) is 22.1 Å². The fourth-order valence-corrected chi connectivity index (χ4v) is 2.55. The van der Waals surface area contributed by atoms with Crippen LogP contribution < -0.4 is 11.1 Å². The first-order chi connectivity index (χ1) is 12.8. The van der Waals surface area contributed by atoms with Gasteiger partial charge in [-0.15, -0.1) is 0 Å². The number of hydrogen-bond donors (Lipinski definition) is 3. The number of carbonyl (C=O) groups is 1. The summed E-state index contributed by atoms with van der Waals surface area (Å²) in [5.74, 6) is -1.41. The van der Waals surface area contributed by atoms with E-state index in [1.165, 1.54) is 24.3 Å². The molecule has 5 nitrogen and oxygen atoms in total. The van der Waals surface area contributed by atoms with Crippen molar-refractivity contribution in [2.45, 2.75) is 19.9 Å². The van der Waals surface area contributed by atoms with Gasteiger partial charge in [-0.25, -0.2) is 8.78 Å². The van der Waals surface area contributed by atoms with Gasteiger partial charge in [-0.2, -0.15) is 5.10 Å². The van der Waals surface area contributed by atoms with Crippen LogP contribution >= 0.6 is 0 Å². The van der Waals surface area contributed by atoms with E-state index in [2.05, 4.69) is 15.5 Å². The number of fused-ring (bicyclic) bond motifs is 1. The molecule has 0 fully saturated rings. The Balaban J connectivity index is 1.90. The van der Waals surface area contributed by atoms with Crippen molar-refractivity contribution in [1.29, 1.82) is 0 Å². The van der Waals surface area contributed by atoms with Crippen LogP contribution in [0.1, 0.15) is 25.1 Å². The summed E-state index contributed by atoms with van der Waals surface area (Å²) in [4.78, 5) is 12.1. The van der Waals surface area contributed by atoms with Crippen LogP contribution in [0.15, 0.2) is 36.4 Å². The van der Waals surface area contributed by atoms with Crippen molar-refractivity contribution in [2.24, 2.45) is 11.7 Å². The number of hydrogen-bond acceptors (Lipinski definition) is 3. The highest BCUT2D eigenvalue weighted by atomic mass is 19.1. The van der Waals surface area contributed by atoms with E-state index in [9.17, 15) is 13.6 Å². The van der Waals surface area contributed by atoms with Crippen molar-refractivity contribution in [3.8, 4) is 0 Å². The molecule has 1 heterocycles. The minimum atomic E-state index is -0.734. The van der Waals surface area contributed by atoms with Crippen molar-refractivity contribution in [2.75, 3.05) is 5.32 Å². The molecule has 1 amide bonds. The van der Waals surface area contributed by atoms with Gasteiger partial charge in [0.05, 0.1) is 22.9 Å². The largest absolute Gasteiger partial charge is 0.322 e. The van der Waals surface area contributed by atoms with Crippen molar-refractivity contribution in [3.05, 3.63) is 59.3 Å². The molecule has 0 saturated carbocycles. The summed E-state index contributed by atoms with van der Waals surface area (Å²) in [6.45, 7) is 3.64. The smallest absolute Gasteiger partial charge is 0.241 e. The number of aromatic nitrogens is 2. The van der Waals surface area contributed by atoms with Gasteiger partial charge in [-0.05, 0) is 35.8 Å². The van der Waals surface area contributed by atoms with Crippen molar-refractivity contribution < 1.29 is 13.6 Å². The number of anilines is 1. The Kier molecular flexibility index (Phi) is 5.32. The van der Waals surface area contributed by atoms with E-state index in [1.807, 2.05) is 13.8 Å². The summed E-state index contributed by atoms with van der Waals surface area (Å²) in [7, 11) is 0. The SMILES string of the molecule is CC(C)C(N)C(=O)Nc1cc2c(C=Cc3ccc(F)cc3)n[nH]c2cc1F. The molecule has 1 aromatic heterocycles. The number of nitrogens with one attached hydrogen (secondary N) is 2. The third-order valence-electron chi connectivity index (χ3n) is 4.26. The predicted molar refractivity (Wildman–Crippen MR) is 103 cm³/mol. The zero-order valence-corrected chi connectivity index (χ0v) is 15.0. The van der Waals surface area contributed by atoms with Gasteiger partial charge >= 0.3 is 0 Å². The summed E-state index contributed by atoms with van der Waals surface area (Å²) in [5, 5.41) is 10.1. The standard InChI is InChI=1S/C20H20F2N4O/c1-11(2)19(23)20(27)24-18-9-14-16(25-26-17(14)10-15(18)22)8-5-12-3-6-13(21)7-4-12/h3-11,19H,23H2,1-2H3,(H,24,27)(H,25,26). The van der Waals surface area contributed by atoms with Gasteiger partial charge in [-0.3, -0.25) is 9.89 Å². The van der Waals surface area contributed by atoms with Gasteiger partial charge < -0.3 is 11.1 Å². The summed E-state index contributed by atoms with van der Waals surface area (Å²) in [6, 6.07) is 8.06. The van der Waals surface area contributed by atoms with Crippen LogP contribution in [-0.2, 0) is 4.79 Å². The van der Waals surface area contributed by atoms with Crippen molar-refractivity contribution in [1.82, 2.24) is 10.2 Å². The lowest BCUT2D eigenvalue weighted by atomic mass is 10.0. The molecular weight excluding hydrogens is 350 g/mol. The number of benzene rings is 2. The van der Waals surface area contributed by atoms with E-state index < -0.39 is 17.8 Å². The average Bonchev–Trinajstić information content (AvgIpc) is 3.02. The molecular formula is C20H20F2N4O. The molecule has 1 unspecified atom stereocenters. The van der Waals surface area contributed by atoms with E-state index in [4.69, 9.17) is 5.73 Å². The van der Waals surface area contributed by atoms with E-state index >= 15 is 0 Å². The molecule has 1 atom stereocenters. The Labute approximate surface area is 155 Å². The Bertz CT molecular complexity index is 993. The number of aromatic amines is 1. The number of H-pyrrole nitrogens is 1. The Morgan fingerprint density at radius 2 is 1.89 bits per heavy atom. The topological polar surface area (TPSA) is 83.8 Å². The third kappa shape index (κ3) is 4.20.